The van der Waals surface area contributed by atoms with E-state index in [-0.39, 0.29) is 5.69 Å². The molecule has 1 fully saturated rings. The molecule has 1 aliphatic heterocycles. The van der Waals surface area contributed by atoms with Crippen molar-refractivity contribution in [1.82, 2.24) is 4.90 Å². The highest BCUT2D eigenvalue weighted by molar-refractivity contribution is 5.63. The van der Waals surface area contributed by atoms with Crippen molar-refractivity contribution < 1.29 is 4.92 Å². The molecule has 1 aliphatic rings. The molecule has 1 heterocycles. The van der Waals surface area contributed by atoms with Gasteiger partial charge in [0, 0.05) is 23.9 Å². The second-order valence-corrected chi connectivity index (χ2v) is 4.89. The highest BCUT2D eigenvalue weighted by Gasteiger charge is 2.17. The summed E-state index contributed by atoms with van der Waals surface area (Å²) in [4.78, 5) is 12.7. The lowest BCUT2D eigenvalue weighted by atomic mass is 10.1. The zero-order chi connectivity index (χ0) is 13.8. The Morgan fingerprint density at radius 2 is 1.95 bits per heavy atom. The number of hydrazine groups is 1. The van der Waals surface area contributed by atoms with E-state index in [1.165, 1.54) is 6.07 Å². The van der Waals surface area contributed by atoms with Gasteiger partial charge in [0.05, 0.1) is 10.6 Å². The van der Waals surface area contributed by atoms with E-state index >= 15 is 0 Å². The standard InChI is InChI=1S/C12H19N5O2/c1-16-4-2-9(3-5-16)14-10-6-11(15-13)8-12(7-10)17(18)19/h6-9,14-15H,2-5,13H2,1H3. The molecule has 0 aromatic heterocycles. The number of piperidine rings is 1. The number of nitro groups is 1. The minimum Gasteiger partial charge on any atom is -0.382 e. The number of non-ortho nitro benzene ring substituents is 1. The van der Waals surface area contributed by atoms with Gasteiger partial charge < -0.3 is 15.6 Å². The molecule has 2 rings (SSSR count). The van der Waals surface area contributed by atoms with Crippen molar-refractivity contribution in [3.63, 3.8) is 0 Å². The molecule has 0 bridgehead atoms. The van der Waals surface area contributed by atoms with E-state index in [1.54, 1.807) is 12.1 Å². The fraction of sp³-hybridized carbons (Fsp3) is 0.500. The molecule has 1 aromatic carbocycles. The monoisotopic (exact) mass is 265 g/mol. The molecule has 7 heteroatoms. The fourth-order valence-corrected chi connectivity index (χ4v) is 2.27. The molecule has 1 aromatic rings. The smallest absolute Gasteiger partial charge is 0.273 e. The first kappa shape index (κ1) is 13.6. The Hall–Kier alpha value is -1.86. The van der Waals surface area contributed by atoms with Crippen LogP contribution in [0.1, 0.15) is 12.8 Å². The third-order valence-electron chi connectivity index (χ3n) is 3.38. The van der Waals surface area contributed by atoms with Crippen LogP contribution in [0.25, 0.3) is 0 Å². The summed E-state index contributed by atoms with van der Waals surface area (Å²) in [6.45, 7) is 2.07. The van der Waals surface area contributed by atoms with Crippen LogP contribution in [-0.4, -0.2) is 36.0 Å². The number of nitro benzene ring substituents is 1. The molecule has 0 atom stereocenters. The van der Waals surface area contributed by atoms with Gasteiger partial charge in [-0.2, -0.15) is 0 Å². The second-order valence-electron chi connectivity index (χ2n) is 4.89. The Bertz CT molecular complexity index is 457. The van der Waals surface area contributed by atoms with E-state index in [0.29, 0.717) is 11.7 Å². The minimum absolute atomic E-state index is 0.0332. The predicted octanol–water partition coefficient (Wildman–Crippen LogP) is 1.39. The number of likely N-dealkylation sites (tertiary alicyclic amines) is 1. The Balaban J connectivity index is 2.10. The number of nitrogen functional groups attached to an aromatic ring is 1. The number of hydrogen-bond acceptors (Lipinski definition) is 6. The van der Waals surface area contributed by atoms with Gasteiger partial charge in [-0.1, -0.05) is 0 Å². The highest BCUT2D eigenvalue weighted by atomic mass is 16.6. The Morgan fingerprint density at radius 1 is 1.32 bits per heavy atom. The molecule has 0 spiro atoms. The average molecular weight is 265 g/mol. The van der Waals surface area contributed by atoms with Crippen molar-refractivity contribution in [2.45, 2.75) is 18.9 Å². The number of anilines is 2. The summed E-state index contributed by atoms with van der Waals surface area (Å²) in [5.74, 6) is 5.33. The quantitative estimate of drug-likeness (QED) is 0.432. The third-order valence-corrected chi connectivity index (χ3v) is 3.38. The van der Waals surface area contributed by atoms with Crippen molar-refractivity contribution in [1.29, 1.82) is 0 Å². The van der Waals surface area contributed by atoms with Gasteiger partial charge in [-0.05, 0) is 39.0 Å². The van der Waals surface area contributed by atoms with E-state index in [0.717, 1.165) is 31.6 Å². The maximum atomic E-state index is 10.9. The van der Waals surface area contributed by atoms with Crippen LogP contribution in [0.15, 0.2) is 18.2 Å². The lowest BCUT2D eigenvalue weighted by Crippen LogP contribution is -2.36. The number of nitrogens with two attached hydrogens (primary N) is 1. The van der Waals surface area contributed by atoms with E-state index in [2.05, 4.69) is 22.7 Å². The van der Waals surface area contributed by atoms with E-state index in [1.807, 2.05) is 0 Å². The molecule has 0 radical (unpaired) electrons. The molecule has 1 saturated heterocycles. The molecule has 0 aliphatic carbocycles. The van der Waals surface area contributed by atoms with Crippen molar-refractivity contribution in [2.24, 2.45) is 5.84 Å². The zero-order valence-corrected chi connectivity index (χ0v) is 10.9. The maximum Gasteiger partial charge on any atom is 0.273 e. The summed E-state index contributed by atoms with van der Waals surface area (Å²) in [6, 6.07) is 5.09. The normalized spacial score (nSPS) is 17.2. The van der Waals surface area contributed by atoms with Crippen molar-refractivity contribution in [2.75, 3.05) is 30.9 Å². The van der Waals surface area contributed by atoms with E-state index < -0.39 is 4.92 Å². The van der Waals surface area contributed by atoms with Crippen LogP contribution in [0.3, 0.4) is 0 Å². The summed E-state index contributed by atoms with van der Waals surface area (Å²) in [6.07, 6.45) is 2.06. The number of nitrogens with one attached hydrogen (secondary N) is 2. The topological polar surface area (TPSA) is 96.5 Å². The van der Waals surface area contributed by atoms with Crippen molar-refractivity contribution in [3.8, 4) is 0 Å². The van der Waals surface area contributed by atoms with Gasteiger partial charge >= 0.3 is 0 Å². The van der Waals surface area contributed by atoms with Gasteiger partial charge in [0.2, 0.25) is 0 Å². The summed E-state index contributed by atoms with van der Waals surface area (Å²) in [7, 11) is 2.10. The largest absolute Gasteiger partial charge is 0.382 e. The summed E-state index contributed by atoms with van der Waals surface area (Å²) in [5.41, 5.74) is 3.75. The molecule has 0 saturated carbocycles. The first-order chi connectivity index (χ1) is 9.08. The van der Waals surface area contributed by atoms with E-state index in [4.69, 9.17) is 5.84 Å². The summed E-state index contributed by atoms with van der Waals surface area (Å²) < 4.78 is 0. The van der Waals surface area contributed by atoms with Crippen LogP contribution in [0, 0.1) is 10.1 Å². The third kappa shape index (κ3) is 3.55. The van der Waals surface area contributed by atoms with Crippen molar-refractivity contribution >= 4 is 17.1 Å². The lowest BCUT2D eigenvalue weighted by molar-refractivity contribution is -0.384. The lowest BCUT2D eigenvalue weighted by Gasteiger charge is -2.30. The molecule has 0 unspecified atom stereocenters. The van der Waals surface area contributed by atoms with Gasteiger partial charge in [-0.15, -0.1) is 0 Å². The average Bonchev–Trinajstić information content (AvgIpc) is 2.41. The van der Waals surface area contributed by atoms with Crippen LogP contribution in [-0.2, 0) is 0 Å². The first-order valence-electron chi connectivity index (χ1n) is 6.29. The van der Waals surface area contributed by atoms with Crippen LogP contribution >= 0.6 is 0 Å². The van der Waals surface area contributed by atoms with Crippen LogP contribution in [0.2, 0.25) is 0 Å². The molecule has 0 amide bonds. The predicted molar refractivity (Wildman–Crippen MR) is 75.0 cm³/mol. The van der Waals surface area contributed by atoms with E-state index in [9.17, 15) is 10.1 Å². The number of benzene rings is 1. The maximum absolute atomic E-state index is 10.9. The molecule has 104 valence electrons. The van der Waals surface area contributed by atoms with Gasteiger partial charge in [0.25, 0.3) is 5.69 Å². The minimum atomic E-state index is -0.416. The molecule has 19 heavy (non-hydrogen) atoms. The summed E-state index contributed by atoms with van der Waals surface area (Å²) >= 11 is 0. The van der Waals surface area contributed by atoms with Gasteiger partial charge in [0.1, 0.15) is 0 Å². The highest BCUT2D eigenvalue weighted by Crippen LogP contribution is 2.25. The van der Waals surface area contributed by atoms with Crippen LogP contribution in [0.5, 0.6) is 0 Å². The van der Waals surface area contributed by atoms with Gasteiger partial charge in [0.15, 0.2) is 0 Å². The number of hydrogen-bond donors (Lipinski definition) is 3. The number of rotatable bonds is 4. The molecule has 4 N–H and O–H groups in total. The van der Waals surface area contributed by atoms with Crippen LogP contribution < -0.4 is 16.6 Å². The van der Waals surface area contributed by atoms with Gasteiger partial charge in [-0.3, -0.25) is 16.0 Å². The Labute approximate surface area is 111 Å². The zero-order valence-electron chi connectivity index (χ0n) is 10.9. The summed E-state index contributed by atoms with van der Waals surface area (Å²) in [5, 5.41) is 14.2. The molecular formula is C12H19N5O2. The first-order valence-corrected chi connectivity index (χ1v) is 6.29. The number of nitrogens with zero attached hydrogens (tertiary/aromatic N) is 2. The van der Waals surface area contributed by atoms with Crippen LogP contribution in [0.4, 0.5) is 17.1 Å². The fourth-order valence-electron chi connectivity index (χ4n) is 2.27. The molecular weight excluding hydrogens is 246 g/mol. The Kier molecular flexibility index (Phi) is 4.18. The SMILES string of the molecule is CN1CCC(Nc2cc(NN)cc([N+](=O)[O-])c2)CC1. The van der Waals surface area contributed by atoms with Gasteiger partial charge in [-0.25, -0.2) is 0 Å². The Morgan fingerprint density at radius 3 is 2.53 bits per heavy atom. The van der Waals surface area contributed by atoms with Crippen molar-refractivity contribution in [3.05, 3.63) is 28.3 Å². The second kappa shape index (κ2) is 5.85. The molecule has 7 nitrogen and oxygen atoms in total.